The van der Waals surface area contributed by atoms with Crippen molar-refractivity contribution >= 4 is 33.1 Å². The average molecular weight is 551 g/mol. The number of fused-ring (bicyclic) bond motifs is 3. The van der Waals surface area contributed by atoms with E-state index in [1.165, 1.54) is 55.3 Å². The van der Waals surface area contributed by atoms with Crippen LogP contribution in [0, 0.1) is 0 Å². The molecular weight excluding hydrogens is 520 g/mol. The van der Waals surface area contributed by atoms with Crippen LogP contribution in [0.1, 0.15) is 29.2 Å². The van der Waals surface area contributed by atoms with Gasteiger partial charge in [0.25, 0.3) is 0 Å². The number of para-hydroxylation sites is 2. The van der Waals surface area contributed by atoms with Gasteiger partial charge < -0.3 is 4.57 Å². The Bertz CT molecular complexity index is 2060. The summed E-state index contributed by atoms with van der Waals surface area (Å²) in [4.78, 5) is 5.17. The average Bonchev–Trinajstić information content (AvgIpc) is 3.43. The van der Waals surface area contributed by atoms with Crippen LogP contribution in [0.4, 0.5) is 0 Å². The van der Waals surface area contributed by atoms with Crippen LogP contribution in [-0.4, -0.2) is 10.3 Å². The maximum atomic E-state index is 5.17. The first-order chi connectivity index (χ1) is 21.3. The second-order valence-corrected chi connectivity index (χ2v) is 11.2. The lowest BCUT2D eigenvalue weighted by Gasteiger charge is -2.22. The van der Waals surface area contributed by atoms with Gasteiger partial charge >= 0.3 is 0 Å². The van der Waals surface area contributed by atoms with Gasteiger partial charge in [-0.05, 0) is 70.2 Å². The standard InChI is InChI=1S/C41H30N2/c1-3-11-32(12-4-1)38-27-34(28-39(42-38)33-13-5-2-6-14-33)31-21-19-29(20-22-31)30-23-25-35(26-24-30)43-40-17-9-7-15-36(40)37-16-8-10-18-41(37)43/h1-27,39H,28H2. The van der Waals surface area contributed by atoms with Gasteiger partial charge in [-0.15, -0.1) is 0 Å². The van der Waals surface area contributed by atoms with Gasteiger partial charge in [0.2, 0.25) is 0 Å². The van der Waals surface area contributed by atoms with Gasteiger partial charge in [-0.3, -0.25) is 4.99 Å². The molecule has 6 aromatic carbocycles. The largest absolute Gasteiger partial charge is 0.309 e. The van der Waals surface area contributed by atoms with Crippen LogP contribution in [0.25, 0.3) is 44.2 Å². The molecule has 7 aromatic rings. The van der Waals surface area contributed by atoms with Crippen molar-refractivity contribution in [2.75, 3.05) is 0 Å². The number of rotatable bonds is 5. The summed E-state index contributed by atoms with van der Waals surface area (Å²) in [7, 11) is 0. The topological polar surface area (TPSA) is 17.3 Å². The molecule has 0 saturated carbocycles. The van der Waals surface area contributed by atoms with Gasteiger partial charge in [0.05, 0.1) is 22.8 Å². The van der Waals surface area contributed by atoms with E-state index in [4.69, 9.17) is 4.99 Å². The van der Waals surface area contributed by atoms with Crippen LogP contribution in [0.2, 0.25) is 0 Å². The molecule has 1 aliphatic rings. The Labute approximate surface area is 251 Å². The molecule has 0 saturated heterocycles. The zero-order valence-corrected chi connectivity index (χ0v) is 23.8. The molecule has 0 radical (unpaired) electrons. The zero-order chi connectivity index (χ0) is 28.6. The quantitative estimate of drug-likeness (QED) is 0.203. The zero-order valence-electron chi connectivity index (χ0n) is 23.8. The van der Waals surface area contributed by atoms with Gasteiger partial charge in [0, 0.05) is 16.5 Å². The molecule has 2 nitrogen and oxygen atoms in total. The molecule has 1 aromatic heterocycles. The lowest BCUT2D eigenvalue weighted by molar-refractivity contribution is 0.748. The highest BCUT2D eigenvalue weighted by molar-refractivity contribution is 6.13. The predicted octanol–water partition coefficient (Wildman–Crippen LogP) is 10.5. The summed E-state index contributed by atoms with van der Waals surface area (Å²) in [5, 5.41) is 2.56. The second kappa shape index (κ2) is 10.7. The van der Waals surface area contributed by atoms with Crippen molar-refractivity contribution < 1.29 is 0 Å². The Kier molecular flexibility index (Phi) is 6.31. The van der Waals surface area contributed by atoms with Crippen molar-refractivity contribution in [2.45, 2.75) is 12.5 Å². The number of hydrogen-bond donors (Lipinski definition) is 0. The smallest absolute Gasteiger partial charge is 0.0796 e. The molecule has 8 rings (SSSR count). The molecule has 204 valence electrons. The van der Waals surface area contributed by atoms with E-state index < -0.39 is 0 Å². The van der Waals surface area contributed by atoms with Crippen molar-refractivity contribution in [3.8, 4) is 16.8 Å². The summed E-state index contributed by atoms with van der Waals surface area (Å²) in [6, 6.07) is 56.5. The Hall–Kier alpha value is -5.47. The fraction of sp³-hybridized carbons (Fsp3) is 0.0488. The number of aromatic nitrogens is 1. The third-order valence-electron chi connectivity index (χ3n) is 8.57. The molecule has 0 aliphatic carbocycles. The van der Waals surface area contributed by atoms with Crippen molar-refractivity contribution in [3.05, 3.63) is 180 Å². The van der Waals surface area contributed by atoms with E-state index in [9.17, 15) is 0 Å². The number of benzene rings is 6. The molecule has 1 unspecified atom stereocenters. The van der Waals surface area contributed by atoms with Gasteiger partial charge in [-0.25, -0.2) is 0 Å². The first-order valence-electron chi connectivity index (χ1n) is 14.9. The normalized spacial score (nSPS) is 14.9. The molecule has 1 aliphatic heterocycles. The number of dihydropyridines is 1. The lowest BCUT2D eigenvalue weighted by atomic mass is 9.89. The Balaban J connectivity index is 1.11. The molecular formula is C41H30N2. The van der Waals surface area contributed by atoms with Crippen molar-refractivity contribution in [2.24, 2.45) is 4.99 Å². The van der Waals surface area contributed by atoms with E-state index in [0.717, 1.165) is 17.7 Å². The summed E-state index contributed by atoms with van der Waals surface area (Å²) in [5.74, 6) is 0. The number of allylic oxidation sites excluding steroid dienone is 1. The predicted molar refractivity (Wildman–Crippen MR) is 181 cm³/mol. The molecule has 43 heavy (non-hydrogen) atoms. The SMILES string of the molecule is C1=C(c2ccc(-c3ccc(-n4c5ccccc5c5ccccc54)cc3)cc2)CC(c2ccccc2)N=C1c1ccccc1. The summed E-state index contributed by atoms with van der Waals surface area (Å²) in [6.07, 6.45) is 3.15. The minimum absolute atomic E-state index is 0.101. The van der Waals surface area contributed by atoms with E-state index in [1.807, 2.05) is 0 Å². The highest BCUT2D eigenvalue weighted by Gasteiger charge is 2.20. The number of hydrogen-bond acceptors (Lipinski definition) is 1. The molecule has 2 heterocycles. The van der Waals surface area contributed by atoms with E-state index in [1.54, 1.807) is 0 Å². The van der Waals surface area contributed by atoms with E-state index in [0.29, 0.717) is 0 Å². The number of aliphatic imine (C=N–C) groups is 1. The van der Waals surface area contributed by atoms with Crippen molar-refractivity contribution in [3.63, 3.8) is 0 Å². The Morgan fingerprint density at radius 3 is 1.60 bits per heavy atom. The summed E-state index contributed by atoms with van der Waals surface area (Å²) in [5.41, 5.74) is 12.1. The first-order valence-corrected chi connectivity index (χ1v) is 14.9. The molecule has 0 bridgehead atoms. The van der Waals surface area contributed by atoms with Gasteiger partial charge in [0.1, 0.15) is 0 Å². The summed E-state index contributed by atoms with van der Waals surface area (Å²) in [6.45, 7) is 0. The van der Waals surface area contributed by atoms with Gasteiger partial charge in [0.15, 0.2) is 0 Å². The molecule has 2 heteroatoms. The van der Waals surface area contributed by atoms with Crippen LogP contribution < -0.4 is 0 Å². The van der Waals surface area contributed by atoms with Crippen LogP contribution in [0.5, 0.6) is 0 Å². The molecule has 0 amide bonds. The van der Waals surface area contributed by atoms with Crippen LogP contribution in [-0.2, 0) is 0 Å². The monoisotopic (exact) mass is 550 g/mol. The third kappa shape index (κ3) is 4.67. The number of nitrogens with zero attached hydrogens (tertiary/aromatic N) is 2. The highest BCUT2D eigenvalue weighted by atomic mass is 15.0. The Morgan fingerprint density at radius 2 is 0.977 bits per heavy atom. The van der Waals surface area contributed by atoms with E-state index in [2.05, 4.69) is 168 Å². The fourth-order valence-electron chi connectivity index (χ4n) is 6.40. The maximum Gasteiger partial charge on any atom is 0.0796 e. The third-order valence-corrected chi connectivity index (χ3v) is 8.57. The second-order valence-electron chi connectivity index (χ2n) is 11.2. The fourth-order valence-corrected chi connectivity index (χ4v) is 6.40. The van der Waals surface area contributed by atoms with E-state index in [-0.39, 0.29) is 6.04 Å². The van der Waals surface area contributed by atoms with Gasteiger partial charge in [-0.1, -0.05) is 133 Å². The molecule has 1 atom stereocenters. The maximum absolute atomic E-state index is 5.17. The molecule has 0 N–H and O–H groups in total. The highest BCUT2D eigenvalue weighted by Crippen LogP contribution is 2.36. The lowest BCUT2D eigenvalue weighted by Crippen LogP contribution is -2.10. The first kappa shape index (κ1) is 25.3. The van der Waals surface area contributed by atoms with Crippen molar-refractivity contribution in [1.82, 2.24) is 4.57 Å². The molecule has 0 spiro atoms. The van der Waals surface area contributed by atoms with Gasteiger partial charge in [-0.2, -0.15) is 0 Å². The minimum Gasteiger partial charge on any atom is -0.309 e. The Morgan fingerprint density at radius 1 is 0.465 bits per heavy atom. The summed E-state index contributed by atoms with van der Waals surface area (Å²) < 4.78 is 2.36. The minimum atomic E-state index is 0.101. The molecule has 0 fully saturated rings. The van der Waals surface area contributed by atoms with E-state index >= 15 is 0 Å². The van der Waals surface area contributed by atoms with Crippen molar-refractivity contribution in [1.29, 1.82) is 0 Å². The van der Waals surface area contributed by atoms with Crippen LogP contribution >= 0.6 is 0 Å². The summed E-state index contributed by atoms with van der Waals surface area (Å²) >= 11 is 0. The van der Waals surface area contributed by atoms with Crippen LogP contribution in [0.15, 0.2) is 169 Å². The van der Waals surface area contributed by atoms with Crippen LogP contribution in [0.3, 0.4) is 0 Å².